The van der Waals surface area contributed by atoms with E-state index >= 15 is 0 Å². The average Bonchev–Trinajstić information content (AvgIpc) is 3.13. The van der Waals surface area contributed by atoms with Gasteiger partial charge in [-0.15, -0.1) is 0 Å². The first-order valence-corrected chi connectivity index (χ1v) is 13.5. The number of benzene rings is 1. The van der Waals surface area contributed by atoms with Crippen molar-refractivity contribution in [1.29, 1.82) is 0 Å². The van der Waals surface area contributed by atoms with Gasteiger partial charge in [-0.2, -0.15) is 0 Å². The first kappa shape index (κ1) is 25.8. The monoisotopic (exact) mass is 426 g/mol. The molecular formula is C29H50N2. The zero-order chi connectivity index (χ0) is 22.0. The zero-order valence-corrected chi connectivity index (χ0v) is 20.7. The van der Waals surface area contributed by atoms with Crippen LogP contribution in [-0.2, 0) is 6.42 Å². The Bertz CT molecular complexity index is 553. The van der Waals surface area contributed by atoms with Crippen LogP contribution in [0.1, 0.15) is 115 Å². The maximum Gasteiger partial charge on any atom is 0.104 e. The minimum Gasteiger partial charge on any atom is -0.359 e. The number of hydrogen-bond acceptors (Lipinski definition) is 2. The first-order valence-electron chi connectivity index (χ1n) is 13.5. The fourth-order valence-corrected chi connectivity index (χ4v) is 4.78. The average molecular weight is 427 g/mol. The summed E-state index contributed by atoms with van der Waals surface area (Å²) in [6.45, 7) is 3.49. The highest BCUT2D eigenvalue weighted by Gasteiger charge is 2.23. The summed E-state index contributed by atoms with van der Waals surface area (Å²) in [5, 5.41) is 0. The third-order valence-corrected chi connectivity index (χ3v) is 6.88. The predicted octanol–water partition coefficient (Wildman–Crippen LogP) is 8.54. The van der Waals surface area contributed by atoms with E-state index in [1.54, 1.807) is 0 Å². The van der Waals surface area contributed by atoms with Crippen molar-refractivity contribution in [2.24, 2.45) is 0 Å². The molecule has 0 aliphatic carbocycles. The smallest absolute Gasteiger partial charge is 0.104 e. The third kappa shape index (κ3) is 11.7. The Balaban J connectivity index is 1.39. The molecule has 1 atom stereocenters. The third-order valence-electron chi connectivity index (χ3n) is 6.88. The van der Waals surface area contributed by atoms with E-state index < -0.39 is 0 Å². The standard InChI is InChI=1S/C29H50N2/c1-3-4-5-6-7-8-9-10-11-12-13-14-15-16-17-21-24-31-26-25-30(2)29(31)27-28-22-19-18-20-23-28/h18-20,22-23,25-26,29H,3-17,21,24,27H2,1-2H3. The van der Waals surface area contributed by atoms with E-state index in [0.717, 1.165) is 6.42 Å². The summed E-state index contributed by atoms with van der Waals surface area (Å²) in [6, 6.07) is 10.9. The van der Waals surface area contributed by atoms with Gasteiger partial charge in [-0.3, -0.25) is 0 Å². The number of hydrogen-bond donors (Lipinski definition) is 0. The molecular weight excluding hydrogens is 376 g/mol. The van der Waals surface area contributed by atoms with Crippen LogP contribution in [0.2, 0.25) is 0 Å². The van der Waals surface area contributed by atoms with E-state index in [4.69, 9.17) is 0 Å². The van der Waals surface area contributed by atoms with Crippen molar-refractivity contribution in [3.05, 3.63) is 48.3 Å². The Kier molecular flexibility index (Phi) is 14.3. The molecule has 0 aromatic heterocycles. The van der Waals surface area contributed by atoms with Gasteiger partial charge in [0.15, 0.2) is 0 Å². The molecule has 1 aromatic carbocycles. The molecule has 2 heteroatoms. The van der Waals surface area contributed by atoms with Crippen molar-refractivity contribution >= 4 is 0 Å². The lowest BCUT2D eigenvalue weighted by Gasteiger charge is -2.30. The molecule has 1 aliphatic heterocycles. The van der Waals surface area contributed by atoms with Crippen molar-refractivity contribution in [2.75, 3.05) is 13.6 Å². The Morgan fingerprint density at radius 2 is 1.10 bits per heavy atom. The van der Waals surface area contributed by atoms with E-state index in [1.807, 2.05) is 0 Å². The van der Waals surface area contributed by atoms with Gasteiger partial charge in [0.25, 0.3) is 0 Å². The van der Waals surface area contributed by atoms with Crippen LogP contribution < -0.4 is 0 Å². The summed E-state index contributed by atoms with van der Waals surface area (Å²) in [7, 11) is 2.21. The fourth-order valence-electron chi connectivity index (χ4n) is 4.78. The lowest BCUT2D eigenvalue weighted by Crippen LogP contribution is -2.38. The van der Waals surface area contributed by atoms with Crippen molar-refractivity contribution in [1.82, 2.24) is 9.80 Å². The number of nitrogens with zero attached hydrogens (tertiary/aromatic N) is 2. The Morgan fingerprint density at radius 3 is 1.61 bits per heavy atom. The van der Waals surface area contributed by atoms with Gasteiger partial charge < -0.3 is 9.80 Å². The molecule has 176 valence electrons. The summed E-state index contributed by atoms with van der Waals surface area (Å²) in [4.78, 5) is 4.90. The summed E-state index contributed by atoms with van der Waals surface area (Å²) in [5.41, 5.74) is 1.43. The van der Waals surface area contributed by atoms with Crippen LogP contribution in [0.3, 0.4) is 0 Å². The minimum atomic E-state index is 0.485. The number of rotatable bonds is 19. The van der Waals surface area contributed by atoms with Gasteiger partial charge in [-0.25, -0.2) is 0 Å². The molecule has 0 N–H and O–H groups in total. The summed E-state index contributed by atoms with van der Waals surface area (Å²) >= 11 is 0. The van der Waals surface area contributed by atoms with Crippen LogP contribution in [0.25, 0.3) is 0 Å². The highest BCUT2D eigenvalue weighted by atomic mass is 15.4. The molecule has 0 saturated heterocycles. The van der Waals surface area contributed by atoms with E-state index in [2.05, 4.69) is 66.5 Å². The Morgan fingerprint density at radius 1 is 0.613 bits per heavy atom. The van der Waals surface area contributed by atoms with Gasteiger partial charge >= 0.3 is 0 Å². The van der Waals surface area contributed by atoms with Crippen molar-refractivity contribution in [2.45, 2.75) is 122 Å². The van der Waals surface area contributed by atoms with Crippen LogP contribution in [0.5, 0.6) is 0 Å². The highest BCUT2D eigenvalue weighted by Crippen LogP contribution is 2.20. The SMILES string of the molecule is CCCCCCCCCCCCCCCCCCN1C=CN(C)C1Cc1ccccc1. The lowest BCUT2D eigenvalue weighted by atomic mass is 10.0. The summed E-state index contributed by atoms with van der Waals surface area (Å²) in [6.07, 6.45) is 29.1. The molecule has 1 aromatic rings. The maximum atomic E-state index is 2.54. The fraction of sp³-hybridized carbons (Fsp3) is 0.724. The number of unbranched alkanes of at least 4 members (excludes halogenated alkanes) is 15. The topological polar surface area (TPSA) is 6.48 Å². The molecule has 0 amide bonds. The summed E-state index contributed by atoms with van der Waals surface area (Å²) in [5.74, 6) is 0. The Labute approximate surface area is 194 Å². The second-order valence-electron chi connectivity index (χ2n) is 9.68. The van der Waals surface area contributed by atoms with Crippen molar-refractivity contribution in [3.63, 3.8) is 0 Å². The van der Waals surface area contributed by atoms with Gasteiger partial charge in [0.05, 0.1) is 0 Å². The highest BCUT2D eigenvalue weighted by molar-refractivity contribution is 5.17. The quantitative estimate of drug-likeness (QED) is 0.204. The summed E-state index contributed by atoms with van der Waals surface area (Å²) < 4.78 is 0. The molecule has 0 radical (unpaired) electrons. The predicted molar refractivity (Wildman–Crippen MR) is 137 cm³/mol. The molecule has 31 heavy (non-hydrogen) atoms. The molecule has 1 heterocycles. The van der Waals surface area contributed by atoms with Crippen LogP contribution in [0.15, 0.2) is 42.7 Å². The molecule has 2 rings (SSSR count). The maximum absolute atomic E-state index is 2.54. The van der Waals surface area contributed by atoms with Crippen molar-refractivity contribution < 1.29 is 0 Å². The van der Waals surface area contributed by atoms with E-state index in [-0.39, 0.29) is 0 Å². The van der Waals surface area contributed by atoms with Crippen LogP contribution in [0.4, 0.5) is 0 Å². The lowest BCUT2D eigenvalue weighted by molar-refractivity contribution is 0.173. The zero-order valence-electron chi connectivity index (χ0n) is 20.7. The second-order valence-corrected chi connectivity index (χ2v) is 9.68. The minimum absolute atomic E-state index is 0.485. The first-order chi connectivity index (χ1) is 15.3. The van der Waals surface area contributed by atoms with Gasteiger partial charge in [-0.05, 0) is 12.0 Å². The van der Waals surface area contributed by atoms with Crippen LogP contribution in [0, 0.1) is 0 Å². The largest absolute Gasteiger partial charge is 0.359 e. The Hall–Kier alpha value is -1.44. The van der Waals surface area contributed by atoms with Crippen LogP contribution in [-0.4, -0.2) is 29.6 Å². The van der Waals surface area contributed by atoms with E-state index in [0.29, 0.717) is 6.17 Å². The van der Waals surface area contributed by atoms with E-state index in [9.17, 15) is 0 Å². The number of likely N-dealkylation sites (N-methyl/N-ethyl adjacent to an activating group) is 1. The molecule has 0 spiro atoms. The van der Waals surface area contributed by atoms with Gasteiger partial charge in [0, 0.05) is 32.4 Å². The van der Waals surface area contributed by atoms with Gasteiger partial charge in [0.2, 0.25) is 0 Å². The molecule has 0 bridgehead atoms. The van der Waals surface area contributed by atoms with Gasteiger partial charge in [0.1, 0.15) is 6.17 Å². The normalized spacial score (nSPS) is 15.9. The second kappa shape index (κ2) is 17.2. The molecule has 1 aliphatic rings. The van der Waals surface area contributed by atoms with Crippen molar-refractivity contribution in [3.8, 4) is 0 Å². The van der Waals surface area contributed by atoms with Gasteiger partial charge in [-0.1, -0.05) is 134 Å². The molecule has 0 saturated carbocycles. The molecule has 0 fully saturated rings. The molecule has 1 unspecified atom stereocenters. The van der Waals surface area contributed by atoms with Crippen LogP contribution >= 0.6 is 0 Å². The van der Waals surface area contributed by atoms with E-state index in [1.165, 1.54) is 115 Å². The molecule has 2 nitrogen and oxygen atoms in total.